The second kappa shape index (κ2) is 6.87. The second-order valence-corrected chi connectivity index (χ2v) is 7.58. The lowest BCUT2D eigenvalue weighted by atomic mass is 10.2. The molecule has 0 amide bonds. The van der Waals surface area contributed by atoms with Gasteiger partial charge in [0.15, 0.2) is 0 Å². The van der Waals surface area contributed by atoms with Gasteiger partial charge in [-0.2, -0.15) is 4.31 Å². The van der Waals surface area contributed by atoms with E-state index in [2.05, 4.69) is 24.1 Å². The lowest BCUT2D eigenvalue weighted by Crippen LogP contribution is -2.50. The molecule has 1 aromatic carbocycles. The molecule has 5 nitrogen and oxygen atoms in total. The molecule has 1 aliphatic rings. The van der Waals surface area contributed by atoms with Crippen molar-refractivity contribution < 1.29 is 8.42 Å². The predicted molar refractivity (Wildman–Crippen MR) is 84.7 cm³/mol. The van der Waals surface area contributed by atoms with E-state index in [0.29, 0.717) is 30.6 Å². The molecule has 1 saturated heterocycles. The minimum Gasteiger partial charge on any atom is -0.316 e. The van der Waals surface area contributed by atoms with Crippen molar-refractivity contribution in [3.8, 4) is 0 Å². The van der Waals surface area contributed by atoms with Crippen LogP contribution in [0.3, 0.4) is 0 Å². The van der Waals surface area contributed by atoms with Gasteiger partial charge in [0.25, 0.3) is 0 Å². The van der Waals surface area contributed by atoms with Crippen molar-refractivity contribution >= 4 is 10.0 Å². The van der Waals surface area contributed by atoms with E-state index >= 15 is 0 Å². The molecular weight excluding hydrogens is 286 g/mol. The summed E-state index contributed by atoms with van der Waals surface area (Å²) >= 11 is 0. The Morgan fingerprint density at radius 1 is 1.14 bits per heavy atom. The van der Waals surface area contributed by atoms with Gasteiger partial charge < -0.3 is 5.32 Å². The lowest BCUT2D eigenvalue weighted by molar-refractivity contribution is 0.154. The van der Waals surface area contributed by atoms with Crippen LogP contribution in [-0.2, 0) is 16.6 Å². The molecule has 2 rings (SSSR count). The lowest BCUT2D eigenvalue weighted by Gasteiger charge is -2.36. The van der Waals surface area contributed by atoms with Crippen LogP contribution in [0.1, 0.15) is 19.4 Å². The van der Waals surface area contributed by atoms with E-state index in [4.69, 9.17) is 0 Å². The van der Waals surface area contributed by atoms with Crippen LogP contribution in [0.2, 0.25) is 0 Å². The highest BCUT2D eigenvalue weighted by molar-refractivity contribution is 7.89. The van der Waals surface area contributed by atoms with Gasteiger partial charge in [0, 0.05) is 38.8 Å². The minimum absolute atomic E-state index is 0.428. The Kier molecular flexibility index (Phi) is 5.37. The number of sulfonamides is 1. The van der Waals surface area contributed by atoms with Gasteiger partial charge in [0.2, 0.25) is 10.0 Å². The van der Waals surface area contributed by atoms with Crippen LogP contribution < -0.4 is 5.32 Å². The Balaban J connectivity index is 2.20. The van der Waals surface area contributed by atoms with Gasteiger partial charge in [-0.25, -0.2) is 8.42 Å². The molecule has 0 radical (unpaired) electrons. The van der Waals surface area contributed by atoms with Crippen LogP contribution in [0.5, 0.6) is 0 Å². The molecule has 0 bridgehead atoms. The van der Waals surface area contributed by atoms with E-state index < -0.39 is 10.0 Å². The highest BCUT2D eigenvalue weighted by atomic mass is 32.2. The van der Waals surface area contributed by atoms with Crippen LogP contribution in [0.25, 0.3) is 0 Å². The molecule has 21 heavy (non-hydrogen) atoms. The largest absolute Gasteiger partial charge is 0.316 e. The molecule has 1 aromatic rings. The molecule has 1 N–H and O–H groups in total. The summed E-state index contributed by atoms with van der Waals surface area (Å²) in [5.41, 5.74) is 0.825. The van der Waals surface area contributed by atoms with Gasteiger partial charge in [-0.05, 0) is 32.5 Å². The number of piperazine rings is 1. The third-order valence-electron chi connectivity index (χ3n) is 3.96. The van der Waals surface area contributed by atoms with Crippen molar-refractivity contribution in [1.29, 1.82) is 0 Å². The van der Waals surface area contributed by atoms with Gasteiger partial charge in [-0.1, -0.05) is 18.2 Å². The fraction of sp³-hybridized carbons (Fsp3) is 0.600. The highest BCUT2D eigenvalue weighted by Crippen LogP contribution is 2.22. The zero-order valence-corrected chi connectivity index (χ0v) is 13.9. The minimum atomic E-state index is -3.40. The van der Waals surface area contributed by atoms with Crippen molar-refractivity contribution in [2.45, 2.75) is 31.3 Å². The summed E-state index contributed by atoms with van der Waals surface area (Å²) in [6, 6.07) is 7.70. The molecule has 6 heteroatoms. The van der Waals surface area contributed by atoms with Crippen LogP contribution in [0, 0.1) is 0 Å². The van der Waals surface area contributed by atoms with Crippen LogP contribution >= 0.6 is 0 Å². The summed E-state index contributed by atoms with van der Waals surface area (Å²) in [7, 11) is -1.57. The van der Waals surface area contributed by atoms with Crippen molar-refractivity contribution in [3.63, 3.8) is 0 Å². The average Bonchev–Trinajstić information content (AvgIpc) is 2.48. The molecule has 0 aromatic heterocycles. The van der Waals surface area contributed by atoms with E-state index in [1.165, 1.54) is 0 Å². The third-order valence-corrected chi connectivity index (χ3v) is 5.96. The van der Waals surface area contributed by atoms with E-state index in [9.17, 15) is 8.42 Å². The van der Waals surface area contributed by atoms with Gasteiger partial charge in [-0.3, -0.25) is 4.90 Å². The van der Waals surface area contributed by atoms with Crippen LogP contribution in [0.15, 0.2) is 29.2 Å². The Labute approximate surface area is 128 Å². The second-order valence-electron chi connectivity index (χ2n) is 5.67. The summed E-state index contributed by atoms with van der Waals surface area (Å²) in [6.45, 7) is 7.57. The topological polar surface area (TPSA) is 52.7 Å². The molecule has 0 aliphatic carbocycles. The standard InChI is InChI=1S/C15H25N3O2S/c1-13(2)17-8-10-18(11-9-17)21(19,20)15-7-5-4-6-14(15)12-16-3/h4-7,13,16H,8-12H2,1-3H3. The van der Waals surface area contributed by atoms with Crippen LogP contribution in [0.4, 0.5) is 0 Å². The van der Waals surface area contributed by atoms with E-state index in [0.717, 1.165) is 18.7 Å². The Hall–Kier alpha value is -0.950. The quantitative estimate of drug-likeness (QED) is 0.885. The molecule has 0 spiro atoms. The van der Waals surface area contributed by atoms with Crippen molar-refractivity contribution in [1.82, 2.24) is 14.5 Å². The molecule has 1 aliphatic heterocycles. The molecule has 1 fully saturated rings. The molecule has 1 heterocycles. The predicted octanol–water partition coefficient (Wildman–Crippen LogP) is 1.12. The van der Waals surface area contributed by atoms with Gasteiger partial charge >= 0.3 is 0 Å². The monoisotopic (exact) mass is 311 g/mol. The molecular formula is C15H25N3O2S. The van der Waals surface area contributed by atoms with Crippen LogP contribution in [-0.4, -0.2) is 56.9 Å². The van der Waals surface area contributed by atoms with Crippen molar-refractivity contribution in [2.24, 2.45) is 0 Å². The Bertz CT molecular complexity index is 564. The maximum Gasteiger partial charge on any atom is 0.243 e. The van der Waals surface area contributed by atoms with Gasteiger partial charge in [0.05, 0.1) is 4.90 Å². The third kappa shape index (κ3) is 3.63. The zero-order chi connectivity index (χ0) is 15.5. The van der Waals surface area contributed by atoms with Gasteiger partial charge in [0.1, 0.15) is 0 Å². The summed E-state index contributed by atoms with van der Waals surface area (Å²) in [4.78, 5) is 2.74. The molecule has 0 saturated carbocycles. The maximum absolute atomic E-state index is 12.8. The first-order valence-electron chi connectivity index (χ1n) is 7.43. The Morgan fingerprint density at radius 3 is 2.33 bits per heavy atom. The number of hydrogen-bond acceptors (Lipinski definition) is 4. The maximum atomic E-state index is 12.8. The number of rotatable bonds is 5. The summed E-state index contributed by atoms with van der Waals surface area (Å²) < 4.78 is 27.3. The number of benzene rings is 1. The normalized spacial score (nSPS) is 18.3. The molecule has 0 unspecified atom stereocenters. The molecule has 0 atom stereocenters. The van der Waals surface area contributed by atoms with Gasteiger partial charge in [-0.15, -0.1) is 0 Å². The van der Waals surface area contributed by atoms with E-state index in [1.807, 2.05) is 19.2 Å². The smallest absolute Gasteiger partial charge is 0.243 e. The fourth-order valence-corrected chi connectivity index (χ4v) is 4.34. The van der Waals surface area contributed by atoms with E-state index in [-0.39, 0.29) is 0 Å². The Morgan fingerprint density at radius 2 is 1.76 bits per heavy atom. The SMILES string of the molecule is CNCc1ccccc1S(=O)(=O)N1CCN(C(C)C)CC1. The summed E-state index contributed by atoms with van der Waals surface area (Å²) in [5, 5.41) is 3.03. The summed E-state index contributed by atoms with van der Waals surface area (Å²) in [5.74, 6) is 0. The summed E-state index contributed by atoms with van der Waals surface area (Å²) in [6.07, 6.45) is 0. The number of nitrogens with one attached hydrogen (secondary N) is 1. The van der Waals surface area contributed by atoms with E-state index in [1.54, 1.807) is 16.4 Å². The first-order valence-corrected chi connectivity index (χ1v) is 8.87. The average molecular weight is 311 g/mol. The molecule has 118 valence electrons. The van der Waals surface area contributed by atoms with Crippen molar-refractivity contribution in [3.05, 3.63) is 29.8 Å². The number of hydrogen-bond donors (Lipinski definition) is 1. The zero-order valence-electron chi connectivity index (χ0n) is 13.0. The van der Waals surface area contributed by atoms with Crippen molar-refractivity contribution in [2.75, 3.05) is 33.2 Å². The number of nitrogens with zero attached hydrogens (tertiary/aromatic N) is 2. The first kappa shape index (κ1) is 16.4. The highest BCUT2D eigenvalue weighted by Gasteiger charge is 2.30. The fourth-order valence-electron chi connectivity index (χ4n) is 2.69. The first-order chi connectivity index (χ1) is 9.96.